The summed E-state index contributed by atoms with van der Waals surface area (Å²) >= 11 is 0. The highest BCUT2D eigenvalue weighted by Crippen LogP contribution is 2.14. The number of rotatable bonds is 34. The molecule has 0 saturated carbocycles. The van der Waals surface area contributed by atoms with Crippen molar-refractivity contribution in [1.29, 1.82) is 0 Å². The summed E-state index contributed by atoms with van der Waals surface area (Å²) in [5.74, 6) is -0.760. The lowest BCUT2D eigenvalue weighted by atomic mass is 10.0. The molecule has 0 aliphatic heterocycles. The fourth-order valence-electron chi connectivity index (χ4n) is 5.17. The zero-order valence-electron chi connectivity index (χ0n) is 31.6. The first-order chi connectivity index (χ1) is 24.4. The first kappa shape index (κ1) is 47.3. The third-order valence-corrected chi connectivity index (χ3v) is 8.19. The summed E-state index contributed by atoms with van der Waals surface area (Å²) in [6, 6.07) is 0. The molecule has 0 aliphatic rings. The van der Waals surface area contributed by atoms with Crippen LogP contribution in [-0.4, -0.2) is 58.8 Å². The van der Waals surface area contributed by atoms with Crippen LogP contribution in [-0.2, 0) is 19.1 Å². The molecular formula is C43H72O7. The minimum Gasteiger partial charge on any atom is -0.462 e. The smallest absolute Gasteiger partial charge is 0.306 e. The molecular weight excluding hydrogens is 628 g/mol. The zero-order chi connectivity index (χ0) is 36.8. The summed E-state index contributed by atoms with van der Waals surface area (Å²) < 4.78 is 10.5. The second-order valence-electron chi connectivity index (χ2n) is 13.0. The van der Waals surface area contributed by atoms with Gasteiger partial charge < -0.3 is 24.8 Å². The maximum absolute atomic E-state index is 12.1. The number of esters is 2. The molecule has 0 spiro atoms. The highest BCUT2D eigenvalue weighted by molar-refractivity contribution is 5.70. The largest absolute Gasteiger partial charge is 0.462 e. The lowest BCUT2D eigenvalue weighted by Gasteiger charge is -2.15. The van der Waals surface area contributed by atoms with E-state index in [0.717, 1.165) is 25.7 Å². The topological polar surface area (TPSA) is 113 Å². The van der Waals surface area contributed by atoms with E-state index in [0.29, 0.717) is 32.1 Å². The predicted octanol–water partition coefficient (Wildman–Crippen LogP) is 10.1. The van der Waals surface area contributed by atoms with Gasteiger partial charge in [0.05, 0.1) is 18.8 Å². The van der Waals surface area contributed by atoms with Gasteiger partial charge in [0.2, 0.25) is 0 Å². The fourth-order valence-corrected chi connectivity index (χ4v) is 5.17. The van der Waals surface area contributed by atoms with Crippen LogP contribution in [0.15, 0.2) is 72.9 Å². The molecule has 7 nitrogen and oxygen atoms in total. The Balaban J connectivity index is 3.83. The molecule has 50 heavy (non-hydrogen) atoms. The van der Waals surface area contributed by atoms with Crippen LogP contribution in [0, 0.1) is 0 Å². The fraction of sp³-hybridized carbons (Fsp3) is 0.674. The van der Waals surface area contributed by atoms with Gasteiger partial charge in [-0.25, -0.2) is 0 Å². The Morgan fingerprint density at radius 1 is 0.580 bits per heavy atom. The van der Waals surface area contributed by atoms with Crippen molar-refractivity contribution in [2.75, 3.05) is 13.2 Å². The molecule has 0 bridgehead atoms. The van der Waals surface area contributed by atoms with E-state index >= 15 is 0 Å². The number of carbonyl (C=O) groups excluding carboxylic acids is 2. The number of carbonyl (C=O) groups is 2. The molecule has 0 fully saturated rings. The number of hydrogen-bond donors (Lipinski definition) is 3. The summed E-state index contributed by atoms with van der Waals surface area (Å²) in [5.41, 5.74) is 0. The van der Waals surface area contributed by atoms with Crippen LogP contribution >= 0.6 is 0 Å². The van der Waals surface area contributed by atoms with E-state index in [1.807, 2.05) is 48.6 Å². The molecule has 3 atom stereocenters. The molecule has 0 amide bonds. The van der Waals surface area contributed by atoms with E-state index < -0.39 is 30.9 Å². The van der Waals surface area contributed by atoms with Crippen LogP contribution in [0.2, 0.25) is 0 Å². The van der Waals surface area contributed by atoms with Crippen molar-refractivity contribution in [3.63, 3.8) is 0 Å². The standard InChI is InChI=1S/C43H72O7/c1-3-5-7-8-9-10-11-12-13-14-15-16-17-21-29-35-42(47)49-38-41(37-44)50-43(48)36-30-22-19-18-20-26-32-40(46)34-28-24-23-27-33-39(45)31-25-6-4-2/h6,19-20,22-28,33-34,39-41,44-46H,3-5,7-18,21,29-32,35-38H2,1-2H3/b22-19-,24-23-,25-6-,26-20-,33-27+,34-28+/t39-,40+,41-/m0/s1. The third kappa shape index (κ3) is 35.1. The zero-order valence-corrected chi connectivity index (χ0v) is 31.6. The van der Waals surface area contributed by atoms with Gasteiger partial charge in [-0.15, -0.1) is 0 Å². The molecule has 7 heteroatoms. The van der Waals surface area contributed by atoms with Crippen molar-refractivity contribution < 1.29 is 34.4 Å². The molecule has 0 aromatic carbocycles. The van der Waals surface area contributed by atoms with Crippen molar-refractivity contribution in [2.45, 2.75) is 173 Å². The van der Waals surface area contributed by atoms with Crippen LogP contribution in [0.1, 0.15) is 155 Å². The summed E-state index contributed by atoms with van der Waals surface area (Å²) in [7, 11) is 0. The van der Waals surface area contributed by atoms with Gasteiger partial charge in [0.25, 0.3) is 0 Å². The van der Waals surface area contributed by atoms with Gasteiger partial charge in [-0.3, -0.25) is 9.59 Å². The molecule has 0 saturated heterocycles. The maximum atomic E-state index is 12.1. The van der Waals surface area contributed by atoms with Crippen molar-refractivity contribution in [1.82, 2.24) is 0 Å². The van der Waals surface area contributed by atoms with Gasteiger partial charge in [-0.1, -0.05) is 177 Å². The van der Waals surface area contributed by atoms with Crippen molar-refractivity contribution in [2.24, 2.45) is 0 Å². The Hall–Kier alpha value is -2.74. The van der Waals surface area contributed by atoms with Crippen LogP contribution in [0.5, 0.6) is 0 Å². The average molecular weight is 701 g/mol. The Morgan fingerprint density at radius 3 is 1.60 bits per heavy atom. The summed E-state index contributed by atoms with van der Waals surface area (Å²) in [6.07, 6.45) is 43.2. The first-order valence-corrected chi connectivity index (χ1v) is 19.7. The van der Waals surface area contributed by atoms with Crippen LogP contribution < -0.4 is 0 Å². The van der Waals surface area contributed by atoms with Crippen LogP contribution in [0.3, 0.4) is 0 Å². The van der Waals surface area contributed by atoms with E-state index in [-0.39, 0.29) is 19.0 Å². The van der Waals surface area contributed by atoms with E-state index in [4.69, 9.17) is 9.47 Å². The summed E-state index contributed by atoms with van der Waals surface area (Å²) in [5, 5.41) is 29.4. The lowest BCUT2D eigenvalue weighted by molar-refractivity contribution is -0.161. The molecule has 3 N–H and O–H groups in total. The number of aliphatic hydroxyl groups excluding tert-OH is 3. The quantitative estimate of drug-likeness (QED) is 0.0265. The highest BCUT2D eigenvalue weighted by atomic mass is 16.6. The van der Waals surface area contributed by atoms with E-state index in [9.17, 15) is 24.9 Å². The maximum Gasteiger partial charge on any atom is 0.306 e. The molecule has 0 aromatic heterocycles. The minimum absolute atomic E-state index is 0.129. The summed E-state index contributed by atoms with van der Waals surface area (Å²) in [4.78, 5) is 24.2. The molecule has 0 aromatic rings. The Labute approximate surface area is 305 Å². The SMILES string of the molecule is CC/C=C\C[C@H](O)/C=C/C=C\C=C\[C@H](O)C/C=C\C/C=C\CCC(=O)O[C@@H](CO)COC(=O)CCCCCCCCCCCCCCCCC. The van der Waals surface area contributed by atoms with Gasteiger partial charge in [-0.2, -0.15) is 0 Å². The molecule has 286 valence electrons. The van der Waals surface area contributed by atoms with E-state index in [1.54, 1.807) is 24.3 Å². The van der Waals surface area contributed by atoms with Crippen molar-refractivity contribution in [3.05, 3.63) is 72.9 Å². The highest BCUT2D eigenvalue weighted by Gasteiger charge is 2.15. The van der Waals surface area contributed by atoms with Gasteiger partial charge in [0.15, 0.2) is 6.10 Å². The van der Waals surface area contributed by atoms with E-state index in [1.165, 1.54) is 77.0 Å². The van der Waals surface area contributed by atoms with Gasteiger partial charge in [0.1, 0.15) is 6.61 Å². The number of ether oxygens (including phenoxy) is 2. The summed E-state index contributed by atoms with van der Waals surface area (Å²) in [6.45, 7) is 3.79. The van der Waals surface area contributed by atoms with Gasteiger partial charge in [0, 0.05) is 12.8 Å². The number of aliphatic hydroxyl groups is 3. The molecule has 0 heterocycles. The minimum atomic E-state index is -0.849. The van der Waals surface area contributed by atoms with Gasteiger partial charge in [-0.05, 0) is 38.5 Å². The Morgan fingerprint density at radius 2 is 1.08 bits per heavy atom. The predicted molar refractivity (Wildman–Crippen MR) is 208 cm³/mol. The molecule has 0 aliphatic carbocycles. The number of hydrogen-bond acceptors (Lipinski definition) is 7. The molecule has 0 rings (SSSR count). The number of allylic oxidation sites excluding steroid dienone is 8. The van der Waals surface area contributed by atoms with Crippen LogP contribution in [0.25, 0.3) is 0 Å². The Bertz CT molecular complexity index is 962. The second-order valence-corrected chi connectivity index (χ2v) is 13.0. The van der Waals surface area contributed by atoms with Crippen molar-refractivity contribution >= 4 is 11.9 Å². The average Bonchev–Trinajstić information content (AvgIpc) is 3.11. The van der Waals surface area contributed by atoms with Crippen LogP contribution in [0.4, 0.5) is 0 Å². The Kier molecular flexibility index (Phi) is 35.5. The van der Waals surface area contributed by atoms with Gasteiger partial charge >= 0.3 is 11.9 Å². The molecule has 0 unspecified atom stereocenters. The number of unbranched alkanes of at least 4 members (excludes halogenated alkanes) is 14. The molecule has 0 radical (unpaired) electrons. The van der Waals surface area contributed by atoms with Crippen molar-refractivity contribution in [3.8, 4) is 0 Å². The third-order valence-electron chi connectivity index (χ3n) is 8.19. The second kappa shape index (κ2) is 37.5. The monoisotopic (exact) mass is 701 g/mol. The van der Waals surface area contributed by atoms with E-state index in [2.05, 4.69) is 13.8 Å². The normalized spacial score (nSPS) is 14.3. The first-order valence-electron chi connectivity index (χ1n) is 19.7. The lowest BCUT2D eigenvalue weighted by Crippen LogP contribution is -2.28.